The number of imide groups is 1. The molecule has 0 fully saturated rings. The van der Waals surface area contributed by atoms with Crippen LogP contribution in [-0.2, 0) is 9.53 Å². The van der Waals surface area contributed by atoms with Crippen molar-refractivity contribution >= 4 is 17.9 Å². The number of carbonyl (C=O) groups excluding carboxylic acids is 3. The molecule has 3 amide bonds. The minimum absolute atomic E-state index is 0.126. The van der Waals surface area contributed by atoms with Crippen molar-refractivity contribution < 1.29 is 32.6 Å². The molecule has 2 N–H and O–H groups in total. The Balaban J connectivity index is 2.54. The molecule has 0 saturated heterocycles. The molecule has 24 heavy (non-hydrogen) atoms. The average molecular weight is 344 g/mol. The molecule has 132 valence electrons. The Morgan fingerprint density at radius 3 is 2.50 bits per heavy atom. The number of carbonyl (C=O) groups is 3. The third kappa shape index (κ3) is 6.59. The number of alkyl halides is 2. The van der Waals surface area contributed by atoms with E-state index in [1.165, 1.54) is 24.3 Å². The van der Waals surface area contributed by atoms with E-state index in [1.54, 1.807) is 6.92 Å². The van der Waals surface area contributed by atoms with Crippen molar-refractivity contribution in [1.29, 1.82) is 0 Å². The maximum Gasteiger partial charge on any atom is 0.387 e. The molecule has 0 unspecified atom stereocenters. The summed E-state index contributed by atoms with van der Waals surface area (Å²) >= 11 is 0. The van der Waals surface area contributed by atoms with Gasteiger partial charge in [0.1, 0.15) is 11.3 Å². The van der Waals surface area contributed by atoms with Gasteiger partial charge in [-0.25, -0.2) is 9.59 Å². The fourth-order valence-electron chi connectivity index (χ4n) is 1.57. The molecule has 1 rings (SSSR count). The van der Waals surface area contributed by atoms with Crippen LogP contribution in [0.25, 0.3) is 0 Å². The van der Waals surface area contributed by atoms with Crippen LogP contribution in [0.3, 0.4) is 0 Å². The van der Waals surface area contributed by atoms with Gasteiger partial charge >= 0.3 is 18.6 Å². The van der Waals surface area contributed by atoms with E-state index in [-0.39, 0.29) is 17.4 Å². The van der Waals surface area contributed by atoms with Crippen LogP contribution in [0.2, 0.25) is 0 Å². The molecule has 0 aliphatic carbocycles. The second-order valence-electron chi connectivity index (χ2n) is 4.78. The fourth-order valence-corrected chi connectivity index (χ4v) is 1.57. The smallest absolute Gasteiger partial charge is 0.387 e. The molecule has 7 nitrogen and oxygen atoms in total. The molecular weight excluding hydrogens is 326 g/mol. The van der Waals surface area contributed by atoms with Crippen molar-refractivity contribution in [3.63, 3.8) is 0 Å². The number of para-hydroxylation sites is 1. The lowest BCUT2D eigenvalue weighted by molar-refractivity contribution is -0.123. The second-order valence-corrected chi connectivity index (χ2v) is 4.78. The van der Waals surface area contributed by atoms with Crippen LogP contribution < -0.4 is 15.4 Å². The predicted molar refractivity (Wildman–Crippen MR) is 79.8 cm³/mol. The number of esters is 1. The van der Waals surface area contributed by atoms with E-state index in [2.05, 4.69) is 14.8 Å². The Hall–Kier alpha value is -2.71. The summed E-state index contributed by atoms with van der Waals surface area (Å²) in [4.78, 5) is 34.8. The largest absolute Gasteiger partial charge is 0.452 e. The fraction of sp³-hybridized carbons (Fsp3) is 0.400. The number of urea groups is 1. The molecule has 0 saturated carbocycles. The molecule has 0 heterocycles. The van der Waals surface area contributed by atoms with E-state index in [0.717, 1.165) is 0 Å². The first-order valence-electron chi connectivity index (χ1n) is 7.14. The SMILES string of the molecule is CC[C@@H](C)NC(=O)NC(=O)COC(=O)c1ccccc1OC(F)F. The normalized spacial score (nSPS) is 11.5. The van der Waals surface area contributed by atoms with Crippen molar-refractivity contribution in [2.24, 2.45) is 0 Å². The predicted octanol–water partition coefficient (Wildman–Crippen LogP) is 2.07. The molecule has 1 aromatic carbocycles. The number of hydrogen-bond acceptors (Lipinski definition) is 5. The van der Waals surface area contributed by atoms with Gasteiger partial charge in [0.05, 0.1) is 0 Å². The first-order chi connectivity index (χ1) is 11.3. The molecule has 0 aliphatic heterocycles. The standard InChI is InChI=1S/C15H18F2N2O5/c1-3-9(2)18-15(22)19-12(20)8-23-13(21)10-6-4-5-7-11(10)24-14(16)17/h4-7,9,14H,3,8H2,1-2H3,(H2,18,19,20,22)/t9-/m1/s1. The summed E-state index contributed by atoms with van der Waals surface area (Å²) in [5.74, 6) is -2.24. The lowest BCUT2D eigenvalue weighted by Crippen LogP contribution is -2.44. The van der Waals surface area contributed by atoms with Crippen molar-refractivity contribution in [1.82, 2.24) is 10.6 Å². The van der Waals surface area contributed by atoms with Gasteiger partial charge in [-0.2, -0.15) is 8.78 Å². The van der Waals surface area contributed by atoms with Crippen LogP contribution in [0.5, 0.6) is 5.75 Å². The van der Waals surface area contributed by atoms with Crippen LogP contribution in [0.15, 0.2) is 24.3 Å². The van der Waals surface area contributed by atoms with E-state index < -0.39 is 31.1 Å². The number of ether oxygens (including phenoxy) is 2. The molecule has 1 aromatic rings. The van der Waals surface area contributed by atoms with E-state index in [0.29, 0.717) is 6.42 Å². The minimum Gasteiger partial charge on any atom is -0.452 e. The van der Waals surface area contributed by atoms with E-state index in [1.807, 2.05) is 12.2 Å². The number of hydrogen-bond donors (Lipinski definition) is 2. The quantitative estimate of drug-likeness (QED) is 0.739. The van der Waals surface area contributed by atoms with Gasteiger partial charge in [-0.3, -0.25) is 10.1 Å². The van der Waals surface area contributed by atoms with Crippen LogP contribution in [0.4, 0.5) is 13.6 Å². The Morgan fingerprint density at radius 1 is 1.21 bits per heavy atom. The monoisotopic (exact) mass is 344 g/mol. The molecular formula is C15H18F2N2O5. The molecule has 1 atom stereocenters. The van der Waals surface area contributed by atoms with Gasteiger partial charge in [0.25, 0.3) is 5.91 Å². The second kappa shape index (κ2) is 9.43. The van der Waals surface area contributed by atoms with Crippen LogP contribution in [0, 0.1) is 0 Å². The van der Waals surface area contributed by atoms with E-state index >= 15 is 0 Å². The Morgan fingerprint density at radius 2 is 1.88 bits per heavy atom. The highest BCUT2D eigenvalue weighted by atomic mass is 19.3. The molecule has 0 aliphatic rings. The third-order valence-electron chi connectivity index (χ3n) is 2.90. The molecule has 0 aromatic heterocycles. The summed E-state index contributed by atoms with van der Waals surface area (Å²) in [6.45, 7) is -0.237. The number of halogens is 2. The lowest BCUT2D eigenvalue weighted by atomic mass is 10.2. The molecule has 0 bridgehead atoms. The van der Waals surface area contributed by atoms with Gasteiger partial charge in [-0.05, 0) is 25.5 Å². The van der Waals surface area contributed by atoms with Gasteiger partial charge in [0.15, 0.2) is 6.61 Å². The van der Waals surface area contributed by atoms with Crippen molar-refractivity contribution in [3.05, 3.63) is 29.8 Å². The maximum atomic E-state index is 12.3. The number of rotatable bonds is 7. The molecule has 0 radical (unpaired) electrons. The average Bonchev–Trinajstić information content (AvgIpc) is 2.52. The van der Waals surface area contributed by atoms with Crippen LogP contribution in [0.1, 0.15) is 30.6 Å². The Bertz CT molecular complexity index is 595. The zero-order valence-electron chi connectivity index (χ0n) is 13.2. The van der Waals surface area contributed by atoms with Gasteiger partial charge in [0.2, 0.25) is 0 Å². The maximum absolute atomic E-state index is 12.3. The van der Waals surface area contributed by atoms with Crippen molar-refractivity contribution in [2.45, 2.75) is 32.9 Å². The van der Waals surface area contributed by atoms with Crippen LogP contribution in [-0.4, -0.2) is 37.2 Å². The zero-order chi connectivity index (χ0) is 18.1. The van der Waals surface area contributed by atoms with Crippen molar-refractivity contribution in [2.75, 3.05) is 6.61 Å². The zero-order valence-corrected chi connectivity index (χ0v) is 13.2. The van der Waals surface area contributed by atoms with E-state index in [4.69, 9.17) is 0 Å². The highest BCUT2D eigenvalue weighted by Gasteiger charge is 2.18. The van der Waals surface area contributed by atoms with Gasteiger partial charge in [0, 0.05) is 6.04 Å². The number of amides is 3. The summed E-state index contributed by atoms with van der Waals surface area (Å²) in [6, 6.07) is 4.37. The van der Waals surface area contributed by atoms with Crippen molar-refractivity contribution in [3.8, 4) is 5.75 Å². The highest BCUT2D eigenvalue weighted by molar-refractivity contribution is 5.97. The first-order valence-corrected chi connectivity index (χ1v) is 7.14. The van der Waals surface area contributed by atoms with E-state index in [9.17, 15) is 23.2 Å². The number of benzene rings is 1. The summed E-state index contributed by atoms with van der Waals surface area (Å²) in [5, 5.41) is 4.48. The van der Waals surface area contributed by atoms with Gasteiger partial charge < -0.3 is 14.8 Å². The highest BCUT2D eigenvalue weighted by Crippen LogP contribution is 2.20. The summed E-state index contributed by atoms with van der Waals surface area (Å²) < 4.78 is 33.4. The minimum atomic E-state index is -3.11. The molecule has 9 heteroatoms. The van der Waals surface area contributed by atoms with Gasteiger partial charge in [-0.1, -0.05) is 19.1 Å². The Labute approximate surface area is 137 Å². The molecule has 0 spiro atoms. The first kappa shape index (κ1) is 19.3. The lowest BCUT2D eigenvalue weighted by Gasteiger charge is -2.12. The third-order valence-corrected chi connectivity index (χ3v) is 2.90. The number of nitrogens with one attached hydrogen (secondary N) is 2. The van der Waals surface area contributed by atoms with Crippen LogP contribution >= 0.6 is 0 Å². The Kier molecular flexibility index (Phi) is 7.60. The summed E-state index contributed by atoms with van der Waals surface area (Å²) in [7, 11) is 0. The van der Waals surface area contributed by atoms with Gasteiger partial charge in [-0.15, -0.1) is 0 Å². The topological polar surface area (TPSA) is 93.7 Å². The summed E-state index contributed by atoms with van der Waals surface area (Å²) in [6.07, 6.45) is 0.678. The summed E-state index contributed by atoms with van der Waals surface area (Å²) in [5.41, 5.74) is -0.255.